The molecule has 0 amide bonds. The van der Waals surface area contributed by atoms with Crippen molar-refractivity contribution in [3.8, 4) is 0 Å². The van der Waals surface area contributed by atoms with Gasteiger partial charge in [0, 0.05) is 20.3 Å². The molecule has 104 valence electrons. The predicted molar refractivity (Wildman–Crippen MR) is 68.4 cm³/mol. The van der Waals surface area contributed by atoms with E-state index in [1.807, 2.05) is 19.2 Å². The number of rotatable bonds is 11. The molecule has 1 N–H and O–H groups in total. The molecule has 0 saturated carbocycles. The molecule has 5 heteroatoms. The molecule has 1 heterocycles. The van der Waals surface area contributed by atoms with Crippen LogP contribution in [0.5, 0.6) is 0 Å². The Morgan fingerprint density at radius 3 is 2.61 bits per heavy atom. The number of hydrogen-bond acceptors (Lipinski definition) is 5. The van der Waals surface area contributed by atoms with Crippen LogP contribution in [-0.4, -0.2) is 40.6 Å². The summed E-state index contributed by atoms with van der Waals surface area (Å²) >= 11 is 0. The first-order valence-corrected chi connectivity index (χ1v) is 6.23. The summed E-state index contributed by atoms with van der Waals surface area (Å²) in [7, 11) is 3.58. The maximum Gasteiger partial charge on any atom is 0.129 e. The summed E-state index contributed by atoms with van der Waals surface area (Å²) in [6, 6.07) is 3.89. The Hall–Kier alpha value is -0.880. The summed E-state index contributed by atoms with van der Waals surface area (Å²) in [5.41, 5.74) is 0. The minimum absolute atomic E-state index is 0.491. The molecule has 0 fully saturated rings. The van der Waals surface area contributed by atoms with E-state index in [1.54, 1.807) is 7.11 Å². The van der Waals surface area contributed by atoms with Crippen molar-refractivity contribution in [2.45, 2.75) is 19.6 Å². The van der Waals surface area contributed by atoms with Crippen molar-refractivity contribution in [2.75, 3.05) is 40.6 Å². The molecule has 0 aliphatic heterocycles. The highest BCUT2D eigenvalue weighted by molar-refractivity contribution is 5.06. The second-order valence-corrected chi connectivity index (χ2v) is 3.91. The van der Waals surface area contributed by atoms with Gasteiger partial charge in [-0.05, 0) is 25.6 Å². The van der Waals surface area contributed by atoms with E-state index in [-0.39, 0.29) is 0 Å². The molecule has 0 aliphatic rings. The maximum absolute atomic E-state index is 5.54. The summed E-state index contributed by atoms with van der Waals surface area (Å²) in [5.74, 6) is 1.77. The van der Waals surface area contributed by atoms with Gasteiger partial charge >= 0.3 is 0 Å². The maximum atomic E-state index is 5.54. The van der Waals surface area contributed by atoms with Crippen LogP contribution >= 0.6 is 0 Å². The van der Waals surface area contributed by atoms with Gasteiger partial charge in [-0.3, -0.25) is 0 Å². The van der Waals surface area contributed by atoms with Crippen LogP contribution in [0.2, 0.25) is 0 Å². The van der Waals surface area contributed by atoms with Crippen LogP contribution in [0.1, 0.15) is 17.9 Å². The summed E-state index contributed by atoms with van der Waals surface area (Å²) in [6.45, 7) is 3.86. The third kappa shape index (κ3) is 6.76. The van der Waals surface area contributed by atoms with Crippen molar-refractivity contribution in [2.24, 2.45) is 0 Å². The highest BCUT2D eigenvalue weighted by Crippen LogP contribution is 2.08. The van der Waals surface area contributed by atoms with E-state index in [9.17, 15) is 0 Å². The smallest absolute Gasteiger partial charge is 0.129 e. The fourth-order valence-electron chi connectivity index (χ4n) is 1.47. The van der Waals surface area contributed by atoms with Crippen molar-refractivity contribution >= 4 is 0 Å². The van der Waals surface area contributed by atoms with E-state index < -0.39 is 0 Å². The molecule has 0 aliphatic carbocycles. The number of methoxy groups -OCH3 is 1. The van der Waals surface area contributed by atoms with Crippen molar-refractivity contribution in [3.63, 3.8) is 0 Å². The topological polar surface area (TPSA) is 52.9 Å². The fourth-order valence-corrected chi connectivity index (χ4v) is 1.47. The van der Waals surface area contributed by atoms with Crippen molar-refractivity contribution in [3.05, 3.63) is 23.7 Å². The highest BCUT2D eigenvalue weighted by Gasteiger charge is 2.01. The zero-order chi connectivity index (χ0) is 13.1. The van der Waals surface area contributed by atoms with E-state index in [4.69, 9.17) is 18.6 Å². The number of ether oxygens (including phenoxy) is 3. The first kappa shape index (κ1) is 15.2. The first-order chi connectivity index (χ1) is 8.86. The number of furan rings is 1. The third-order valence-corrected chi connectivity index (χ3v) is 2.32. The number of nitrogens with one attached hydrogen (secondary N) is 1. The average Bonchev–Trinajstić information content (AvgIpc) is 2.81. The Balaban J connectivity index is 1.96. The van der Waals surface area contributed by atoms with Gasteiger partial charge < -0.3 is 23.9 Å². The van der Waals surface area contributed by atoms with Gasteiger partial charge in [-0.1, -0.05) is 0 Å². The molecule has 0 radical (unpaired) electrons. The largest absolute Gasteiger partial charge is 0.462 e. The second kappa shape index (κ2) is 10.1. The van der Waals surface area contributed by atoms with Gasteiger partial charge in [0.05, 0.1) is 19.8 Å². The van der Waals surface area contributed by atoms with E-state index in [1.165, 1.54) is 0 Å². The van der Waals surface area contributed by atoms with Crippen LogP contribution in [0.15, 0.2) is 16.5 Å². The quantitative estimate of drug-likeness (QED) is 0.610. The zero-order valence-corrected chi connectivity index (χ0v) is 11.2. The average molecular weight is 257 g/mol. The van der Waals surface area contributed by atoms with Gasteiger partial charge in [0.25, 0.3) is 0 Å². The van der Waals surface area contributed by atoms with Crippen LogP contribution in [0.4, 0.5) is 0 Å². The van der Waals surface area contributed by atoms with Crippen molar-refractivity contribution < 1.29 is 18.6 Å². The molecule has 0 aromatic carbocycles. The minimum atomic E-state index is 0.491. The normalized spacial score (nSPS) is 11.0. The van der Waals surface area contributed by atoms with Gasteiger partial charge in [-0.15, -0.1) is 0 Å². The van der Waals surface area contributed by atoms with Crippen LogP contribution in [0.3, 0.4) is 0 Å². The summed E-state index contributed by atoms with van der Waals surface area (Å²) in [4.78, 5) is 0. The second-order valence-electron chi connectivity index (χ2n) is 3.91. The molecule has 1 rings (SSSR count). The Morgan fingerprint density at radius 1 is 1.06 bits per heavy atom. The molecule has 0 spiro atoms. The van der Waals surface area contributed by atoms with Crippen LogP contribution in [0, 0.1) is 0 Å². The first-order valence-electron chi connectivity index (χ1n) is 6.23. The molecule has 0 saturated heterocycles. The van der Waals surface area contributed by atoms with E-state index in [0.29, 0.717) is 26.4 Å². The number of hydrogen-bond donors (Lipinski definition) is 1. The molecule has 0 unspecified atom stereocenters. The molecule has 1 aromatic rings. The van der Waals surface area contributed by atoms with Gasteiger partial charge in [0.15, 0.2) is 0 Å². The van der Waals surface area contributed by atoms with Gasteiger partial charge in [0.2, 0.25) is 0 Å². The molecular weight excluding hydrogens is 234 g/mol. The molecular formula is C13H23NO4. The lowest BCUT2D eigenvalue weighted by atomic mass is 10.4. The lowest BCUT2D eigenvalue weighted by Gasteiger charge is -2.04. The zero-order valence-electron chi connectivity index (χ0n) is 11.2. The Morgan fingerprint density at radius 2 is 1.83 bits per heavy atom. The van der Waals surface area contributed by atoms with Gasteiger partial charge in [0.1, 0.15) is 18.1 Å². The lowest BCUT2D eigenvalue weighted by Crippen LogP contribution is -2.06. The van der Waals surface area contributed by atoms with Crippen molar-refractivity contribution in [1.82, 2.24) is 5.32 Å². The van der Waals surface area contributed by atoms with Crippen LogP contribution in [0.25, 0.3) is 0 Å². The van der Waals surface area contributed by atoms with E-state index >= 15 is 0 Å². The van der Waals surface area contributed by atoms with Gasteiger partial charge in [-0.2, -0.15) is 0 Å². The third-order valence-electron chi connectivity index (χ3n) is 2.32. The minimum Gasteiger partial charge on any atom is -0.462 e. The van der Waals surface area contributed by atoms with E-state index in [2.05, 4.69) is 5.32 Å². The van der Waals surface area contributed by atoms with Gasteiger partial charge in [-0.25, -0.2) is 0 Å². The molecule has 5 nitrogen and oxygen atoms in total. The SMILES string of the molecule is CNCc1ccc(COCCOCCCOC)o1. The molecule has 0 atom stereocenters. The summed E-state index contributed by atoms with van der Waals surface area (Å²) in [5, 5.41) is 3.03. The molecule has 1 aromatic heterocycles. The Bertz CT molecular complexity index is 301. The molecule has 18 heavy (non-hydrogen) atoms. The summed E-state index contributed by atoms with van der Waals surface area (Å²) < 4.78 is 21.3. The summed E-state index contributed by atoms with van der Waals surface area (Å²) in [6.07, 6.45) is 0.919. The Kier molecular flexibility index (Phi) is 8.50. The van der Waals surface area contributed by atoms with Crippen LogP contribution < -0.4 is 5.32 Å². The standard InChI is InChI=1S/C13H23NO4/c1-14-10-12-4-5-13(18-12)11-17-9-8-16-7-3-6-15-2/h4-5,14H,3,6-11H2,1-2H3. The lowest BCUT2D eigenvalue weighted by molar-refractivity contribution is 0.0284. The monoisotopic (exact) mass is 257 g/mol. The van der Waals surface area contributed by atoms with Crippen molar-refractivity contribution in [1.29, 1.82) is 0 Å². The predicted octanol–water partition coefficient (Wildman–Crippen LogP) is 1.57. The highest BCUT2D eigenvalue weighted by atomic mass is 16.5. The molecule has 0 bridgehead atoms. The van der Waals surface area contributed by atoms with Crippen LogP contribution in [-0.2, 0) is 27.4 Å². The fraction of sp³-hybridized carbons (Fsp3) is 0.692. The van der Waals surface area contributed by atoms with E-state index in [0.717, 1.165) is 31.1 Å². The Labute approximate surface area is 108 Å².